The summed E-state index contributed by atoms with van der Waals surface area (Å²) in [6.45, 7) is 6.07. The Balaban J connectivity index is 2.15. The molecule has 1 aliphatic rings. The molecule has 0 saturated heterocycles. The topological polar surface area (TPSA) is 52.0 Å². The van der Waals surface area contributed by atoms with Crippen LogP contribution in [0.4, 0.5) is 0 Å². The number of rotatable bonds is 4. The number of hydrogen-bond donors (Lipinski definition) is 0. The highest BCUT2D eigenvalue weighted by molar-refractivity contribution is 7.99. The fourth-order valence-electron chi connectivity index (χ4n) is 3.60. The zero-order valence-electron chi connectivity index (χ0n) is 14.5. The molecule has 1 fully saturated rings. The Morgan fingerprint density at radius 1 is 1.29 bits per heavy atom. The van der Waals surface area contributed by atoms with Gasteiger partial charge in [-0.3, -0.25) is 14.2 Å². The maximum absolute atomic E-state index is 13.2. The van der Waals surface area contributed by atoms with Crippen LogP contribution < -0.4 is 5.56 Å². The summed E-state index contributed by atoms with van der Waals surface area (Å²) >= 11 is 1.38. The fraction of sp³-hybridized carbons (Fsp3) is 0.526. The molecule has 128 valence electrons. The lowest BCUT2D eigenvalue weighted by atomic mass is 9.78. The summed E-state index contributed by atoms with van der Waals surface area (Å²) in [5.41, 5.74) is 0.735. The summed E-state index contributed by atoms with van der Waals surface area (Å²) in [5.74, 6) is 1.46. The number of para-hydroxylation sites is 1. The maximum atomic E-state index is 13.2. The van der Waals surface area contributed by atoms with Crippen molar-refractivity contribution in [2.24, 2.45) is 11.8 Å². The number of fused-ring (bicyclic) bond motifs is 1. The molecule has 1 saturated carbocycles. The summed E-state index contributed by atoms with van der Waals surface area (Å²) in [7, 11) is 0. The van der Waals surface area contributed by atoms with Crippen LogP contribution in [0.1, 0.15) is 46.1 Å². The first-order chi connectivity index (χ1) is 11.5. The molecule has 2 aromatic rings. The highest BCUT2D eigenvalue weighted by atomic mass is 32.2. The maximum Gasteiger partial charge on any atom is 0.262 e. The van der Waals surface area contributed by atoms with Gasteiger partial charge in [0.2, 0.25) is 0 Å². The minimum Gasteiger partial charge on any atom is -0.299 e. The van der Waals surface area contributed by atoms with Crippen molar-refractivity contribution in [3.8, 4) is 0 Å². The Morgan fingerprint density at radius 2 is 2.04 bits per heavy atom. The molecule has 0 bridgehead atoms. The van der Waals surface area contributed by atoms with Crippen LogP contribution >= 0.6 is 11.8 Å². The van der Waals surface area contributed by atoms with E-state index in [1.165, 1.54) is 18.2 Å². The van der Waals surface area contributed by atoms with Crippen molar-refractivity contribution in [2.75, 3.05) is 5.75 Å². The first-order valence-electron chi connectivity index (χ1n) is 8.62. The van der Waals surface area contributed by atoms with Crippen molar-refractivity contribution >= 4 is 28.4 Å². The fourth-order valence-corrected chi connectivity index (χ4v) is 4.46. The minimum absolute atomic E-state index is 0.0256. The van der Waals surface area contributed by atoms with Crippen LogP contribution in [0.25, 0.3) is 10.9 Å². The van der Waals surface area contributed by atoms with Crippen molar-refractivity contribution in [1.29, 1.82) is 0 Å². The van der Waals surface area contributed by atoms with Crippen molar-refractivity contribution < 1.29 is 4.79 Å². The van der Waals surface area contributed by atoms with E-state index in [1.807, 2.05) is 28.8 Å². The van der Waals surface area contributed by atoms with Crippen LogP contribution in [0.15, 0.2) is 34.2 Å². The minimum atomic E-state index is 0.0256. The zero-order valence-corrected chi connectivity index (χ0v) is 15.3. The Morgan fingerprint density at radius 3 is 2.79 bits per heavy atom. The quantitative estimate of drug-likeness (QED) is 0.619. The SMILES string of the molecule is CC(=O)CSc1nc2ccccc2c(=O)n1[C@H]1CCC[C@@H](C)[C@H]1C. The number of carbonyl (C=O) groups is 1. The van der Waals surface area contributed by atoms with E-state index in [9.17, 15) is 9.59 Å². The average Bonchev–Trinajstić information content (AvgIpc) is 2.56. The van der Waals surface area contributed by atoms with E-state index >= 15 is 0 Å². The molecule has 0 aliphatic heterocycles. The van der Waals surface area contributed by atoms with Crippen LogP contribution in [-0.4, -0.2) is 21.1 Å². The van der Waals surface area contributed by atoms with E-state index in [0.717, 1.165) is 12.8 Å². The summed E-state index contributed by atoms with van der Waals surface area (Å²) in [6, 6.07) is 7.64. The van der Waals surface area contributed by atoms with Gasteiger partial charge in [-0.1, -0.05) is 50.6 Å². The number of carbonyl (C=O) groups excluding carboxylic acids is 1. The molecule has 3 rings (SSSR count). The van der Waals surface area contributed by atoms with Gasteiger partial charge in [0.15, 0.2) is 5.16 Å². The molecule has 0 amide bonds. The van der Waals surface area contributed by atoms with E-state index < -0.39 is 0 Å². The lowest BCUT2D eigenvalue weighted by Crippen LogP contribution is -2.35. The summed E-state index contributed by atoms with van der Waals surface area (Å²) < 4.78 is 1.87. The molecule has 24 heavy (non-hydrogen) atoms. The van der Waals surface area contributed by atoms with Crippen LogP contribution in [0.3, 0.4) is 0 Å². The number of Topliss-reactive ketones (excluding diaryl/α,β-unsaturated/α-hetero) is 1. The number of nitrogens with zero attached hydrogens (tertiary/aromatic N) is 2. The van der Waals surface area contributed by atoms with Crippen LogP contribution in [0.5, 0.6) is 0 Å². The molecule has 3 atom stereocenters. The molecule has 0 radical (unpaired) electrons. The number of hydrogen-bond acceptors (Lipinski definition) is 4. The van der Waals surface area contributed by atoms with Gasteiger partial charge in [0.1, 0.15) is 5.78 Å². The molecule has 1 aromatic carbocycles. The standard InChI is InChI=1S/C19H24N2O2S/c1-12-7-6-10-17(14(12)3)21-18(23)15-8-4-5-9-16(15)20-19(21)24-11-13(2)22/h4-5,8-9,12,14,17H,6-7,10-11H2,1-3H3/t12-,14-,17+/m1/s1. The zero-order chi connectivity index (χ0) is 17.3. The number of ketones is 1. The molecule has 1 heterocycles. The van der Waals surface area contributed by atoms with Gasteiger partial charge in [-0.15, -0.1) is 0 Å². The van der Waals surface area contributed by atoms with Gasteiger partial charge in [0.05, 0.1) is 16.7 Å². The van der Waals surface area contributed by atoms with Crippen LogP contribution in [0, 0.1) is 11.8 Å². The van der Waals surface area contributed by atoms with Crippen molar-refractivity contribution in [3.63, 3.8) is 0 Å². The molecule has 0 N–H and O–H groups in total. The second kappa shape index (κ2) is 7.09. The van der Waals surface area contributed by atoms with Crippen molar-refractivity contribution in [2.45, 2.75) is 51.2 Å². The summed E-state index contributed by atoms with van der Waals surface area (Å²) in [5, 5.41) is 1.34. The van der Waals surface area contributed by atoms with Gasteiger partial charge in [-0.05, 0) is 37.3 Å². The van der Waals surface area contributed by atoms with E-state index in [2.05, 4.69) is 13.8 Å². The molecule has 1 aromatic heterocycles. The monoisotopic (exact) mass is 344 g/mol. The van der Waals surface area contributed by atoms with Gasteiger partial charge in [-0.25, -0.2) is 4.98 Å². The summed E-state index contributed by atoms with van der Waals surface area (Å²) in [6.07, 6.45) is 3.34. The predicted octanol–water partition coefficient (Wildman–Crippen LogP) is 4.07. The second-order valence-corrected chi connectivity index (χ2v) is 7.85. The first-order valence-corrected chi connectivity index (χ1v) is 9.61. The Hall–Kier alpha value is -1.62. The van der Waals surface area contributed by atoms with Crippen molar-refractivity contribution in [1.82, 2.24) is 9.55 Å². The van der Waals surface area contributed by atoms with Crippen LogP contribution in [-0.2, 0) is 4.79 Å². The van der Waals surface area contributed by atoms with Gasteiger partial charge in [0, 0.05) is 6.04 Å². The lowest BCUT2D eigenvalue weighted by Gasteiger charge is -2.36. The second-order valence-electron chi connectivity index (χ2n) is 6.91. The van der Waals surface area contributed by atoms with E-state index in [4.69, 9.17) is 4.98 Å². The van der Waals surface area contributed by atoms with Crippen molar-refractivity contribution in [3.05, 3.63) is 34.6 Å². The molecule has 5 heteroatoms. The Labute approximate surface area is 146 Å². The molecule has 0 unspecified atom stereocenters. The van der Waals surface area contributed by atoms with Gasteiger partial charge in [-0.2, -0.15) is 0 Å². The Bertz CT molecular complexity index is 815. The highest BCUT2D eigenvalue weighted by Gasteiger charge is 2.31. The van der Waals surface area contributed by atoms with Crippen LogP contribution in [0.2, 0.25) is 0 Å². The molecule has 0 spiro atoms. The normalized spacial score (nSPS) is 24.2. The number of aromatic nitrogens is 2. The third-order valence-electron chi connectivity index (χ3n) is 5.18. The van der Waals surface area contributed by atoms with Gasteiger partial charge < -0.3 is 0 Å². The number of thioether (sulfide) groups is 1. The highest BCUT2D eigenvalue weighted by Crippen LogP contribution is 2.38. The largest absolute Gasteiger partial charge is 0.299 e. The van der Waals surface area contributed by atoms with Gasteiger partial charge >= 0.3 is 0 Å². The van der Waals surface area contributed by atoms with E-state index in [1.54, 1.807) is 6.92 Å². The van der Waals surface area contributed by atoms with E-state index in [-0.39, 0.29) is 17.4 Å². The third kappa shape index (κ3) is 3.27. The Kier molecular flexibility index (Phi) is 5.09. The molecular weight excluding hydrogens is 320 g/mol. The number of benzene rings is 1. The predicted molar refractivity (Wildman–Crippen MR) is 98.6 cm³/mol. The molecular formula is C19H24N2O2S. The molecule has 1 aliphatic carbocycles. The van der Waals surface area contributed by atoms with Gasteiger partial charge in [0.25, 0.3) is 5.56 Å². The smallest absolute Gasteiger partial charge is 0.262 e. The first kappa shape index (κ1) is 17.2. The molecule has 4 nitrogen and oxygen atoms in total. The third-order valence-corrected chi connectivity index (χ3v) is 6.27. The average molecular weight is 344 g/mol. The summed E-state index contributed by atoms with van der Waals surface area (Å²) in [4.78, 5) is 29.3. The van der Waals surface area contributed by atoms with E-state index in [0.29, 0.717) is 33.6 Å². The lowest BCUT2D eigenvalue weighted by molar-refractivity contribution is -0.114.